The Kier molecular flexibility index (Phi) is 3.94. The maximum absolute atomic E-state index is 13.5. The van der Waals surface area contributed by atoms with Crippen LogP contribution >= 0.6 is 11.8 Å². The van der Waals surface area contributed by atoms with E-state index in [1.54, 1.807) is 18.2 Å². The van der Waals surface area contributed by atoms with Crippen LogP contribution in [0, 0.1) is 11.6 Å². The summed E-state index contributed by atoms with van der Waals surface area (Å²) in [6, 6.07) is 8.10. The molecule has 0 aromatic heterocycles. The normalized spacial score (nSPS) is 12.9. The number of Topliss-reactive ketones (excluding diaryl/α,β-unsaturated/α-hetero) is 1. The van der Waals surface area contributed by atoms with E-state index in [9.17, 15) is 18.4 Å². The van der Waals surface area contributed by atoms with E-state index in [-0.39, 0.29) is 28.8 Å². The lowest BCUT2D eigenvalue weighted by Crippen LogP contribution is -2.03. The molecule has 1 N–H and O–H groups in total. The number of benzene rings is 2. The zero-order chi connectivity index (χ0) is 15.7. The maximum atomic E-state index is 13.5. The summed E-state index contributed by atoms with van der Waals surface area (Å²) >= 11 is 0.951. The van der Waals surface area contributed by atoms with E-state index in [1.807, 2.05) is 0 Å². The summed E-state index contributed by atoms with van der Waals surface area (Å²) in [5, 5.41) is 2.69. The Morgan fingerprint density at radius 2 is 2.00 bits per heavy atom. The Morgan fingerprint density at radius 3 is 2.82 bits per heavy atom. The van der Waals surface area contributed by atoms with Gasteiger partial charge in [0.05, 0.1) is 12.2 Å². The number of fused-ring (bicyclic) bond motifs is 1. The molecule has 0 spiro atoms. The van der Waals surface area contributed by atoms with Crippen LogP contribution in [-0.2, 0) is 11.2 Å². The zero-order valence-corrected chi connectivity index (χ0v) is 12.2. The van der Waals surface area contributed by atoms with Gasteiger partial charge in [-0.05, 0) is 42.0 Å². The first kappa shape index (κ1) is 14.7. The summed E-state index contributed by atoms with van der Waals surface area (Å²) in [6.07, 6.45) is 0.252. The number of hydrogen-bond donors (Lipinski definition) is 1. The molecule has 0 aliphatic carbocycles. The second-order valence-corrected chi connectivity index (χ2v) is 5.90. The van der Waals surface area contributed by atoms with Crippen LogP contribution in [0.25, 0.3) is 0 Å². The topological polar surface area (TPSA) is 46.2 Å². The molecule has 1 heterocycles. The van der Waals surface area contributed by atoms with Gasteiger partial charge in [-0.25, -0.2) is 8.78 Å². The van der Waals surface area contributed by atoms with Crippen molar-refractivity contribution < 1.29 is 18.4 Å². The minimum absolute atomic E-state index is 0.000531. The van der Waals surface area contributed by atoms with E-state index in [0.717, 1.165) is 35.5 Å². The molecule has 22 heavy (non-hydrogen) atoms. The Hall–Kier alpha value is -2.21. The third-order valence-electron chi connectivity index (χ3n) is 3.30. The van der Waals surface area contributed by atoms with Gasteiger partial charge in [-0.15, -0.1) is 11.8 Å². The van der Waals surface area contributed by atoms with Crippen LogP contribution in [0.3, 0.4) is 0 Å². The fourth-order valence-electron chi connectivity index (χ4n) is 2.22. The van der Waals surface area contributed by atoms with E-state index in [1.165, 1.54) is 0 Å². The van der Waals surface area contributed by atoms with Crippen molar-refractivity contribution in [1.82, 2.24) is 0 Å². The second-order valence-electron chi connectivity index (χ2n) is 4.88. The van der Waals surface area contributed by atoms with Gasteiger partial charge in [0.2, 0.25) is 5.91 Å². The number of rotatable bonds is 4. The van der Waals surface area contributed by atoms with Crippen molar-refractivity contribution in [3.05, 3.63) is 59.2 Å². The van der Waals surface area contributed by atoms with E-state index in [2.05, 4.69) is 5.32 Å². The number of carbonyl (C=O) groups excluding carboxylic acids is 2. The zero-order valence-electron chi connectivity index (χ0n) is 11.4. The first-order chi connectivity index (χ1) is 10.5. The summed E-state index contributed by atoms with van der Waals surface area (Å²) in [6.45, 7) is 0. The highest BCUT2D eigenvalue weighted by Gasteiger charge is 2.19. The highest BCUT2D eigenvalue weighted by atomic mass is 32.2. The van der Waals surface area contributed by atoms with Crippen LogP contribution in [0.4, 0.5) is 14.5 Å². The molecule has 0 atom stereocenters. The monoisotopic (exact) mass is 319 g/mol. The largest absolute Gasteiger partial charge is 0.326 e. The van der Waals surface area contributed by atoms with Crippen molar-refractivity contribution in [2.75, 3.05) is 11.1 Å². The van der Waals surface area contributed by atoms with Gasteiger partial charge in [-0.3, -0.25) is 9.59 Å². The predicted octanol–water partition coefficient (Wildman–Crippen LogP) is 3.43. The standard InChI is InChI=1S/C16H11F2NO2S/c17-11-2-3-12(18)15(7-11)22-8-14(20)9-1-4-13-10(5-9)6-16(21)19-13/h1-5,7H,6,8H2,(H,19,21). The van der Waals surface area contributed by atoms with Gasteiger partial charge < -0.3 is 5.32 Å². The Bertz CT molecular complexity index is 777. The van der Waals surface area contributed by atoms with Crippen molar-refractivity contribution in [3.8, 4) is 0 Å². The average Bonchev–Trinajstić information content (AvgIpc) is 2.86. The number of carbonyl (C=O) groups is 2. The first-order valence-corrected chi connectivity index (χ1v) is 7.55. The smallest absolute Gasteiger partial charge is 0.228 e. The number of hydrogen-bond acceptors (Lipinski definition) is 3. The quantitative estimate of drug-likeness (QED) is 0.694. The lowest BCUT2D eigenvalue weighted by Gasteiger charge is -2.05. The highest BCUT2D eigenvalue weighted by Crippen LogP contribution is 2.26. The Morgan fingerprint density at radius 1 is 1.18 bits per heavy atom. The van der Waals surface area contributed by atoms with Crippen molar-refractivity contribution in [1.29, 1.82) is 0 Å². The molecule has 2 aromatic carbocycles. The molecule has 1 aliphatic heterocycles. The molecule has 1 amide bonds. The predicted molar refractivity (Wildman–Crippen MR) is 80.2 cm³/mol. The molecule has 0 radical (unpaired) electrons. The van der Waals surface area contributed by atoms with Crippen LogP contribution in [0.15, 0.2) is 41.3 Å². The average molecular weight is 319 g/mol. The molecule has 0 saturated heterocycles. The lowest BCUT2D eigenvalue weighted by atomic mass is 10.1. The Balaban J connectivity index is 1.71. The van der Waals surface area contributed by atoms with Gasteiger partial charge in [-0.2, -0.15) is 0 Å². The number of amides is 1. The Labute approximate surface area is 129 Å². The first-order valence-electron chi connectivity index (χ1n) is 6.57. The molecular formula is C16H11F2NO2S. The van der Waals surface area contributed by atoms with E-state index < -0.39 is 11.6 Å². The third-order valence-corrected chi connectivity index (χ3v) is 4.33. The van der Waals surface area contributed by atoms with E-state index >= 15 is 0 Å². The van der Waals surface area contributed by atoms with Crippen LogP contribution in [0.5, 0.6) is 0 Å². The molecule has 3 rings (SSSR count). The van der Waals surface area contributed by atoms with Crippen molar-refractivity contribution in [3.63, 3.8) is 0 Å². The van der Waals surface area contributed by atoms with Gasteiger partial charge in [0.15, 0.2) is 5.78 Å². The summed E-state index contributed by atoms with van der Waals surface area (Å²) in [5.74, 6) is -1.39. The summed E-state index contributed by atoms with van der Waals surface area (Å²) in [5.41, 5.74) is 1.95. The lowest BCUT2D eigenvalue weighted by molar-refractivity contribution is -0.115. The number of thioether (sulfide) groups is 1. The molecule has 0 fully saturated rings. The van der Waals surface area contributed by atoms with Gasteiger partial charge in [0.1, 0.15) is 11.6 Å². The number of halogens is 2. The van der Waals surface area contributed by atoms with Crippen molar-refractivity contribution in [2.24, 2.45) is 0 Å². The van der Waals surface area contributed by atoms with Gasteiger partial charge >= 0.3 is 0 Å². The molecule has 0 bridgehead atoms. The van der Waals surface area contributed by atoms with Gasteiger partial charge in [0, 0.05) is 16.1 Å². The van der Waals surface area contributed by atoms with Gasteiger partial charge in [0.25, 0.3) is 0 Å². The van der Waals surface area contributed by atoms with Gasteiger partial charge in [-0.1, -0.05) is 0 Å². The number of nitrogens with one attached hydrogen (secondary N) is 1. The minimum Gasteiger partial charge on any atom is -0.326 e. The van der Waals surface area contributed by atoms with Crippen LogP contribution in [0.1, 0.15) is 15.9 Å². The summed E-state index contributed by atoms with van der Waals surface area (Å²) in [7, 11) is 0. The number of ketones is 1. The van der Waals surface area contributed by atoms with E-state index in [0.29, 0.717) is 11.3 Å². The summed E-state index contributed by atoms with van der Waals surface area (Å²) < 4.78 is 26.6. The van der Waals surface area contributed by atoms with E-state index in [4.69, 9.17) is 0 Å². The second kappa shape index (κ2) is 5.88. The molecule has 1 aliphatic rings. The van der Waals surface area contributed by atoms with Crippen molar-refractivity contribution in [2.45, 2.75) is 11.3 Å². The molecule has 3 nitrogen and oxygen atoms in total. The molecule has 112 valence electrons. The molecular weight excluding hydrogens is 308 g/mol. The minimum atomic E-state index is -0.553. The number of anilines is 1. The molecule has 0 unspecified atom stereocenters. The van der Waals surface area contributed by atoms with Crippen LogP contribution in [0.2, 0.25) is 0 Å². The van der Waals surface area contributed by atoms with Crippen LogP contribution < -0.4 is 5.32 Å². The van der Waals surface area contributed by atoms with Crippen molar-refractivity contribution >= 4 is 29.1 Å². The molecule has 2 aromatic rings. The highest BCUT2D eigenvalue weighted by molar-refractivity contribution is 8.00. The fourth-order valence-corrected chi connectivity index (χ4v) is 3.07. The SMILES string of the molecule is O=C1Cc2cc(C(=O)CSc3cc(F)ccc3F)ccc2N1. The maximum Gasteiger partial charge on any atom is 0.228 e. The fraction of sp³-hybridized carbons (Fsp3) is 0.125. The third kappa shape index (κ3) is 3.01. The molecule has 0 saturated carbocycles. The summed E-state index contributed by atoms with van der Waals surface area (Å²) in [4.78, 5) is 23.5. The molecule has 6 heteroatoms. The van der Waals surface area contributed by atoms with Crippen LogP contribution in [-0.4, -0.2) is 17.4 Å².